The maximum absolute atomic E-state index is 9.74. The van der Waals surface area contributed by atoms with E-state index in [0.717, 1.165) is 35.1 Å². The lowest BCUT2D eigenvalue weighted by Gasteiger charge is -2.62. The Kier molecular flexibility index (Phi) is 1.52. The average molecular weight is 219 g/mol. The Morgan fingerprint density at radius 2 is 2.00 bits per heavy atom. The second-order valence-electron chi connectivity index (χ2n) is 5.75. The van der Waals surface area contributed by atoms with Crippen LogP contribution in [-0.2, 0) is 12.8 Å². The molecule has 0 amide bonds. The van der Waals surface area contributed by atoms with Gasteiger partial charge in [0.1, 0.15) is 0 Å². The zero-order valence-corrected chi connectivity index (χ0v) is 9.37. The highest BCUT2D eigenvalue weighted by Crippen LogP contribution is 2.58. The highest BCUT2D eigenvalue weighted by molar-refractivity contribution is 5.51. The minimum Gasteiger partial charge on any atom is -0.411 e. The molecular weight excluding hydrogens is 202 g/mol. The minimum absolute atomic E-state index is 0.351. The van der Waals surface area contributed by atoms with Crippen molar-refractivity contribution in [2.45, 2.75) is 50.5 Å². The maximum atomic E-state index is 9.74. The van der Waals surface area contributed by atoms with E-state index in [1.165, 1.54) is 37.7 Å². The number of nitrogens with zero attached hydrogens (tertiary/aromatic N) is 2. The molecule has 1 aromatic heterocycles. The van der Waals surface area contributed by atoms with Crippen molar-refractivity contribution in [3.05, 3.63) is 11.3 Å². The summed E-state index contributed by atoms with van der Waals surface area (Å²) < 4.78 is 0. The van der Waals surface area contributed by atoms with Crippen LogP contribution in [-0.4, -0.2) is 20.7 Å². The van der Waals surface area contributed by atoms with Crippen LogP contribution in [0.1, 0.15) is 43.4 Å². The van der Waals surface area contributed by atoms with Gasteiger partial charge in [-0.2, -0.15) is 0 Å². The van der Waals surface area contributed by atoms with E-state index in [9.17, 15) is 5.21 Å². The van der Waals surface area contributed by atoms with Gasteiger partial charge in [0, 0.05) is 11.1 Å². The van der Waals surface area contributed by atoms with Gasteiger partial charge in [-0.3, -0.25) is 0 Å². The lowest BCUT2D eigenvalue weighted by molar-refractivity contribution is 0.00149. The normalized spacial score (nSPS) is 34.9. The minimum atomic E-state index is 0.351. The molecule has 0 spiro atoms. The molecule has 0 aliphatic heterocycles. The van der Waals surface area contributed by atoms with Crippen LogP contribution in [0.2, 0.25) is 0 Å². The Balaban J connectivity index is 1.66. The standard InChI is InChI=1S/C12H17N3O/c16-15-10-4-2-1-3-9(10)11(14-15)13-12-5-8(6-12)7-12/h8,16H,1-7H2,(H,13,14). The van der Waals surface area contributed by atoms with E-state index in [4.69, 9.17) is 0 Å². The predicted molar refractivity (Wildman–Crippen MR) is 59.7 cm³/mol. The Morgan fingerprint density at radius 3 is 2.69 bits per heavy atom. The first-order valence-electron chi connectivity index (χ1n) is 6.34. The Hall–Kier alpha value is -1.19. The van der Waals surface area contributed by atoms with E-state index >= 15 is 0 Å². The smallest absolute Gasteiger partial charge is 0.155 e. The molecule has 2 bridgehead atoms. The molecule has 86 valence electrons. The van der Waals surface area contributed by atoms with Gasteiger partial charge >= 0.3 is 0 Å². The van der Waals surface area contributed by atoms with E-state index in [0.29, 0.717) is 5.54 Å². The third-order valence-corrected chi connectivity index (χ3v) is 4.58. The summed E-state index contributed by atoms with van der Waals surface area (Å²) in [5.74, 6) is 1.93. The summed E-state index contributed by atoms with van der Waals surface area (Å²) in [7, 11) is 0. The largest absolute Gasteiger partial charge is 0.411 e. The van der Waals surface area contributed by atoms with Crippen molar-refractivity contribution in [2.75, 3.05) is 5.32 Å². The van der Waals surface area contributed by atoms with Crippen LogP contribution in [0, 0.1) is 5.92 Å². The predicted octanol–water partition coefficient (Wildman–Crippen LogP) is 1.96. The summed E-state index contributed by atoms with van der Waals surface area (Å²) >= 11 is 0. The number of anilines is 1. The molecule has 1 heterocycles. The van der Waals surface area contributed by atoms with Crippen LogP contribution in [0.25, 0.3) is 0 Å². The molecule has 0 saturated heterocycles. The zero-order chi connectivity index (χ0) is 10.8. The van der Waals surface area contributed by atoms with Gasteiger partial charge < -0.3 is 10.5 Å². The van der Waals surface area contributed by atoms with E-state index in [1.54, 1.807) is 0 Å². The van der Waals surface area contributed by atoms with Gasteiger partial charge in [-0.05, 0) is 50.9 Å². The molecule has 5 rings (SSSR count). The Bertz CT molecular complexity index is 434. The monoisotopic (exact) mass is 219 g/mol. The van der Waals surface area contributed by atoms with Crippen LogP contribution >= 0.6 is 0 Å². The summed E-state index contributed by atoms with van der Waals surface area (Å²) in [6.45, 7) is 0. The fourth-order valence-corrected chi connectivity index (χ4v) is 3.56. The van der Waals surface area contributed by atoms with Gasteiger partial charge in [-0.25, -0.2) is 0 Å². The quantitative estimate of drug-likeness (QED) is 0.748. The van der Waals surface area contributed by atoms with E-state index < -0.39 is 0 Å². The van der Waals surface area contributed by atoms with Gasteiger partial charge in [0.2, 0.25) is 0 Å². The van der Waals surface area contributed by atoms with Crippen molar-refractivity contribution in [3.8, 4) is 0 Å². The third kappa shape index (κ3) is 1.02. The number of nitrogens with one attached hydrogen (secondary N) is 1. The van der Waals surface area contributed by atoms with E-state index in [-0.39, 0.29) is 0 Å². The summed E-state index contributed by atoms with van der Waals surface area (Å²) in [6, 6.07) is 0. The Labute approximate surface area is 94.6 Å². The second kappa shape index (κ2) is 2.73. The summed E-state index contributed by atoms with van der Waals surface area (Å²) in [4.78, 5) is 1.10. The molecular formula is C12H17N3O. The zero-order valence-electron chi connectivity index (χ0n) is 9.37. The molecule has 1 aromatic rings. The lowest BCUT2D eigenvalue weighted by Crippen LogP contribution is -2.63. The first-order chi connectivity index (χ1) is 7.76. The molecule has 3 saturated carbocycles. The number of rotatable bonds is 2. The fraction of sp³-hybridized carbons (Fsp3) is 0.750. The van der Waals surface area contributed by atoms with Crippen LogP contribution in [0.5, 0.6) is 0 Å². The second-order valence-corrected chi connectivity index (χ2v) is 5.75. The summed E-state index contributed by atoms with van der Waals surface area (Å²) in [6.07, 6.45) is 8.35. The average Bonchev–Trinajstić information content (AvgIpc) is 2.49. The molecule has 16 heavy (non-hydrogen) atoms. The highest BCUT2D eigenvalue weighted by Gasteiger charge is 2.57. The number of aromatic nitrogens is 2. The van der Waals surface area contributed by atoms with Crippen molar-refractivity contribution in [1.82, 2.24) is 9.94 Å². The van der Waals surface area contributed by atoms with E-state index in [1.807, 2.05) is 0 Å². The van der Waals surface area contributed by atoms with Crippen molar-refractivity contribution in [2.24, 2.45) is 5.92 Å². The van der Waals surface area contributed by atoms with Crippen molar-refractivity contribution >= 4 is 5.82 Å². The van der Waals surface area contributed by atoms with Crippen molar-refractivity contribution in [3.63, 3.8) is 0 Å². The van der Waals surface area contributed by atoms with Gasteiger partial charge in [0.25, 0.3) is 0 Å². The van der Waals surface area contributed by atoms with Crippen LogP contribution in [0.15, 0.2) is 0 Å². The highest BCUT2D eigenvalue weighted by atomic mass is 16.5. The van der Waals surface area contributed by atoms with Gasteiger partial charge in [0.15, 0.2) is 5.82 Å². The van der Waals surface area contributed by atoms with Crippen LogP contribution in [0.3, 0.4) is 0 Å². The fourth-order valence-electron chi connectivity index (χ4n) is 3.56. The Morgan fingerprint density at radius 1 is 1.25 bits per heavy atom. The topological polar surface area (TPSA) is 50.1 Å². The molecule has 3 fully saturated rings. The van der Waals surface area contributed by atoms with Gasteiger partial charge in [-0.1, -0.05) is 0 Å². The molecule has 4 nitrogen and oxygen atoms in total. The van der Waals surface area contributed by atoms with Gasteiger partial charge in [0.05, 0.1) is 5.69 Å². The number of hydrogen-bond donors (Lipinski definition) is 2. The molecule has 4 aliphatic rings. The summed E-state index contributed by atoms with van der Waals surface area (Å²) in [5, 5.41) is 17.6. The SMILES string of the molecule is On1nc(NC23CC(C2)C3)c2c1CCCC2. The van der Waals surface area contributed by atoms with E-state index in [2.05, 4.69) is 10.4 Å². The molecule has 0 aromatic carbocycles. The first-order valence-corrected chi connectivity index (χ1v) is 6.34. The molecule has 2 N–H and O–H groups in total. The lowest BCUT2D eigenvalue weighted by atomic mass is 9.50. The van der Waals surface area contributed by atoms with Crippen molar-refractivity contribution < 1.29 is 5.21 Å². The third-order valence-electron chi connectivity index (χ3n) is 4.58. The molecule has 0 unspecified atom stereocenters. The van der Waals surface area contributed by atoms with Crippen molar-refractivity contribution in [1.29, 1.82) is 0 Å². The molecule has 4 aliphatic carbocycles. The first kappa shape index (κ1) is 8.90. The molecule has 0 atom stereocenters. The maximum Gasteiger partial charge on any atom is 0.155 e. The molecule has 0 radical (unpaired) electrons. The van der Waals surface area contributed by atoms with Crippen LogP contribution in [0.4, 0.5) is 5.82 Å². The van der Waals surface area contributed by atoms with Crippen LogP contribution < -0.4 is 5.32 Å². The number of fused-ring (bicyclic) bond motifs is 1. The van der Waals surface area contributed by atoms with Gasteiger partial charge in [-0.15, -0.1) is 9.94 Å². The number of hydrogen-bond acceptors (Lipinski definition) is 3. The molecule has 4 heteroatoms. The summed E-state index contributed by atoms with van der Waals surface area (Å²) in [5.41, 5.74) is 2.64.